The Labute approximate surface area is 199 Å². The molecule has 2 fully saturated rings. The van der Waals surface area contributed by atoms with Crippen molar-refractivity contribution in [3.63, 3.8) is 0 Å². The van der Waals surface area contributed by atoms with Gasteiger partial charge in [-0.25, -0.2) is 4.90 Å². The van der Waals surface area contributed by atoms with E-state index in [2.05, 4.69) is 5.10 Å². The topological polar surface area (TPSA) is 113 Å². The molecule has 0 unspecified atom stereocenters. The lowest BCUT2D eigenvalue weighted by Crippen LogP contribution is -2.44. The molecule has 0 aromatic heterocycles. The molecule has 35 heavy (non-hydrogen) atoms. The quantitative estimate of drug-likeness (QED) is 0.252. The molecule has 2 saturated heterocycles. The maximum Gasteiger partial charge on any atom is 0.269 e. The first-order valence-electron chi connectivity index (χ1n) is 11.1. The molecule has 0 aliphatic carbocycles. The van der Waals surface area contributed by atoms with E-state index in [1.54, 1.807) is 41.6 Å². The van der Waals surface area contributed by atoms with Crippen LogP contribution in [0.3, 0.4) is 0 Å². The van der Waals surface area contributed by atoms with Crippen molar-refractivity contribution in [3.8, 4) is 0 Å². The van der Waals surface area contributed by atoms with E-state index in [4.69, 9.17) is 0 Å². The highest BCUT2D eigenvalue weighted by atomic mass is 16.6. The molecule has 9 nitrogen and oxygen atoms in total. The lowest BCUT2D eigenvalue weighted by molar-refractivity contribution is -0.384. The summed E-state index contributed by atoms with van der Waals surface area (Å²) < 4.78 is 0. The molecule has 9 heteroatoms. The van der Waals surface area contributed by atoms with Crippen LogP contribution in [0.2, 0.25) is 0 Å². The van der Waals surface area contributed by atoms with Crippen LogP contribution in [-0.4, -0.2) is 39.8 Å². The molecule has 0 saturated carbocycles. The Kier molecular flexibility index (Phi) is 4.60. The number of anilines is 1. The average Bonchev–Trinajstić information content (AvgIpc) is 3.36. The van der Waals surface area contributed by atoms with Crippen molar-refractivity contribution >= 4 is 35.2 Å². The maximum absolute atomic E-state index is 13.8. The number of para-hydroxylation sites is 1. The Hall–Kier alpha value is -4.66. The van der Waals surface area contributed by atoms with Crippen molar-refractivity contribution < 1.29 is 19.3 Å². The zero-order valence-electron chi connectivity index (χ0n) is 18.2. The van der Waals surface area contributed by atoms with Crippen LogP contribution in [0.5, 0.6) is 0 Å². The van der Waals surface area contributed by atoms with Gasteiger partial charge in [-0.05, 0) is 35.4 Å². The number of nitro benzene ring substituents is 1. The number of non-ortho nitro benzene ring substituents is 1. The molecule has 0 N–H and O–H groups in total. The third-order valence-corrected chi connectivity index (χ3v) is 6.94. The van der Waals surface area contributed by atoms with E-state index in [0.717, 1.165) is 11.1 Å². The lowest BCUT2D eigenvalue weighted by Gasteiger charge is -2.33. The molecule has 0 bridgehead atoms. The van der Waals surface area contributed by atoms with Crippen LogP contribution in [0.15, 0.2) is 84.0 Å². The van der Waals surface area contributed by atoms with Gasteiger partial charge in [0.2, 0.25) is 11.8 Å². The number of benzene rings is 3. The largest absolute Gasteiger partial charge is 0.292 e. The van der Waals surface area contributed by atoms with Crippen molar-refractivity contribution in [2.45, 2.75) is 12.1 Å². The summed E-state index contributed by atoms with van der Waals surface area (Å²) in [6.07, 6.45) is 1.63. The molecule has 3 aliphatic heterocycles. The fourth-order valence-corrected chi connectivity index (χ4v) is 5.42. The minimum atomic E-state index is -1.03. The summed E-state index contributed by atoms with van der Waals surface area (Å²) in [5.41, 5.74) is 2.18. The minimum absolute atomic E-state index is 0.143. The molecular weight excluding hydrogens is 448 g/mol. The lowest BCUT2D eigenvalue weighted by atomic mass is 9.83. The summed E-state index contributed by atoms with van der Waals surface area (Å²) in [6.45, 7) is 0. The van der Waals surface area contributed by atoms with Gasteiger partial charge in [-0.15, -0.1) is 0 Å². The first kappa shape index (κ1) is 20.9. The molecular formula is C26H18N4O5. The van der Waals surface area contributed by atoms with Gasteiger partial charge < -0.3 is 0 Å². The van der Waals surface area contributed by atoms with Gasteiger partial charge in [0.1, 0.15) is 6.04 Å². The van der Waals surface area contributed by atoms with Crippen LogP contribution in [0.1, 0.15) is 27.5 Å². The van der Waals surface area contributed by atoms with E-state index in [1.807, 2.05) is 24.3 Å². The average molecular weight is 466 g/mol. The van der Waals surface area contributed by atoms with Gasteiger partial charge >= 0.3 is 0 Å². The van der Waals surface area contributed by atoms with Crippen LogP contribution in [0, 0.1) is 22.0 Å². The number of nitro groups is 1. The van der Waals surface area contributed by atoms with Gasteiger partial charge in [0.05, 0.1) is 34.7 Å². The Morgan fingerprint density at radius 3 is 2.23 bits per heavy atom. The van der Waals surface area contributed by atoms with Crippen LogP contribution >= 0.6 is 0 Å². The van der Waals surface area contributed by atoms with Crippen molar-refractivity contribution in [2.24, 2.45) is 16.9 Å². The fraction of sp³-hybridized carbons (Fsp3) is 0.154. The van der Waals surface area contributed by atoms with Gasteiger partial charge in [-0.2, -0.15) is 5.10 Å². The summed E-state index contributed by atoms with van der Waals surface area (Å²) in [7, 11) is 0. The Bertz CT molecular complexity index is 1420. The highest BCUT2D eigenvalue weighted by Gasteiger charge is 2.65. The van der Waals surface area contributed by atoms with Gasteiger partial charge in [-0.3, -0.25) is 29.5 Å². The van der Waals surface area contributed by atoms with E-state index in [0.29, 0.717) is 5.69 Å². The van der Waals surface area contributed by atoms with E-state index in [9.17, 15) is 24.5 Å². The number of rotatable bonds is 4. The van der Waals surface area contributed by atoms with Crippen molar-refractivity contribution in [1.82, 2.24) is 5.01 Å². The molecule has 3 aliphatic rings. The first-order chi connectivity index (χ1) is 17.0. The molecule has 3 aromatic rings. The maximum atomic E-state index is 13.8. The van der Waals surface area contributed by atoms with Crippen molar-refractivity contribution in [2.75, 3.05) is 4.90 Å². The standard InChI is InChI=1S/C26H18N4O5/c31-24(15-10-12-18(13-11-15)30(34)35)23-21-20(22-19-9-5-4-6-16(19)14-27-29(22)23)25(32)28(26(21)33)17-7-2-1-3-8-17/h1-14,20-23H/t20-,21+,22+,23-/m0/s1. The number of ketones is 1. The summed E-state index contributed by atoms with van der Waals surface area (Å²) in [6, 6.07) is 19.8. The number of hydrogen-bond donors (Lipinski definition) is 0. The molecule has 0 radical (unpaired) electrons. The zero-order valence-corrected chi connectivity index (χ0v) is 18.2. The Balaban J connectivity index is 1.47. The summed E-state index contributed by atoms with van der Waals surface area (Å²) in [5, 5.41) is 17.1. The highest BCUT2D eigenvalue weighted by molar-refractivity contribution is 6.24. The Morgan fingerprint density at radius 2 is 1.51 bits per heavy atom. The van der Waals surface area contributed by atoms with Crippen LogP contribution in [0.4, 0.5) is 11.4 Å². The number of fused-ring (bicyclic) bond motifs is 5. The third kappa shape index (κ3) is 3.01. The number of carbonyl (C=O) groups excluding carboxylic acids is 3. The van der Waals surface area contributed by atoms with Gasteiger partial charge in [-0.1, -0.05) is 42.5 Å². The number of nitrogens with zero attached hydrogens (tertiary/aromatic N) is 4. The third-order valence-electron chi connectivity index (χ3n) is 6.94. The summed E-state index contributed by atoms with van der Waals surface area (Å²) in [4.78, 5) is 52.9. The normalized spacial score (nSPS) is 24.2. The van der Waals surface area contributed by atoms with Crippen molar-refractivity contribution in [3.05, 3.63) is 106 Å². The van der Waals surface area contributed by atoms with Gasteiger partial charge in [0, 0.05) is 17.7 Å². The molecule has 3 heterocycles. The number of amides is 2. The zero-order chi connectivity index (χ0) is 24.3. The highest BCUT2D eigenvalue weighted by Crippen LogP contribution is 2.53. The van der Waals surface area contributed by atoms with Crippen molar-refractivity contribution in [1.29, 1.82) is 0 Å². The molecule has 6 rings (SSSR count). The molecule has 172 valence electrons. The number of carbonyl (C=O) groups is 3. The van der Waals surface area contributed by atoms with Gasteiger partial charge in [0.25, 0.3) is 5.69 Å². The number of hydrogen-bond acceptors (Lipinski definition) is 7. The van der Waals surface area contributed by atoms with Crippen LogP contribution in [0.25, 0.3) is 0 Å². The summed E-state index contributed by atoms with van der Waals surface area (Å²) in [5.74, 6) is -2.97. The number of hydrazone groups is 1. The van der Waals surface area contributed by atoms with E-state index >= 15 is 0 Å². The molecule has 2 amide bonds. The predicted octanol–water partition coefficient (Wildman–Crippen LogP) is 3.36. The van der Waals surface area contributed by atoms with E-state index in [-0.39, 0.29) is 17.2 Å². The minimum Gasteiger partial charge on any atom is -0.292 e. The van der Waals surface area contributed by atoms with E-state index in [1.165, 1.54) is 29.2 Å². The molecule has 0 spiro atoms. The SMILES string of the molecule is O=C(c1ccc([N+](=O)[O-])cc1)[C@@H]1[C@@H]2C(=O)N(c3ccccc3)C(=O)[C@@H]2[C@H]2c3ccccc3C=NN12. The van der Waals surface area contributed by atoms with Crippen LogP contribution in [-0.2, 0) is 9.59 Å². The van der Waals surface area contributed by atoms with Gasteiger partial charge in [0.15, 0.2) is 5.78 Å². The molecule has 4 atom stereocenters. The second-order valence-electron chi connectivity index (χ2n) is 8.71. The van der Waals surface area contributed by atoms with E-state index < -0.39 is 40.5 Å². The second-order valence-corrected chi connectivity index (χ2v) is 8.71. The molecule has 3 aromatic carbocycles. The monoisotopic (exact) mass is 466 g/mol. The second kappa shape index (κ2) is 7.69. The number of imide groups is 1. The fourth-order valence-electron chi connectivity index (χ4n) is 5.42. The predicted molar refractivity (Wildman–Crippen MR) is 126 cm³/mol. The summed E-state index contributed by atoms with van der Waals surface area (Å²) >= 11 is 0. The first-order valence-corrected chi connectivity index (χ1v) is 11.1. The number of Topliss-reactive ketones (excluding diaryl/α,β-unsaturated/α-hetero) is 1. The van der Waals surface area contributed by atoms with Crippen LogP contribution < -0.4 is 4.90 Å². The smallest absolute Gasteiger partial charge is 0.269 e. The Morgan fingerprint density at radius 1 is 0.857 bits per heavy atom.